The molecule has 28 heavy (non-hydrogen) atoms. The van der Waals surface area contributed by atoms with Crippen LogP contribution < -0.4 is 10.9 Å². The van der Waals surface area contributed by atoms with Gasteiger partial charge in [-0.2, -0.15) is 0 Å². The van der Waals surface area contributed by atoms with Gasteiger partial charge in [0.25, 0.3) is 5.56 Å². The van der Waals surface area contributed by atoms with Crippen LogP contribution in [0.2, 0.25) is 0 Å². The SMILES string of the molecule is Cc1cc(F)ccc1-n1c(SCC(=O)Nc2nccs2)nc2ccsc2c1=O. The predicted molar refractivity (Wildman–Crippen MR) is 111 cm³/mol. The molecule has 1 aromatic carbocycles. The van der Waals surface area contributed by atoms with Gasteiger partial charge in [0.1, 0.15) is 10.5 Å². The number of anilines is 1. The van der Waals surface area contributed by atoms with E-state index in [-0.39, 0.29) is 23.0 Å². The lowest BCUT2D eigenvalue weighted by Crippen LogP contribution is -2.23. The van der Waals surface area contributed by atoms with Gasteiger partial charge >= 0.3 is 0 Å². The average molecular weight is 433 g/mol. The summed E-state index contributed by atoms with van der Waals surface area (Å²) in [7, 11) is 0. The Bertz CT molecular complexity index is 1220. The summed E-state index contributed by atoms with van der Waals surface area (Å²) in [6.45, 7) is 1.73. The minimum Gasteiger partial charge on any atom is -0.301 e. The summed E-state index contributed by atoms with van der Waals surface area (Å²) in [6, 6.07) is 5.98. The van der Waals surface area contributed by atoms with E-state index in [9.17, 15) is 14.0 Å². The number of thiazole rings is 1. The van der Waals surface area contributed by atoms with Crippen LogP contribution in [0.4, 0.5) is 9.52 Å². The maximum atomic E-state index is 13.5. The van der Waals surface area contributed by atoms with Gasteiger partial charge in [-0.05, 0) is 42.1 Å². The van der Waals surface area contributed by atoms with Crippen molar-refractivity contribution >= 4 is 55.7 Å². The molecule has 0 aliphatic rings. The first-order chi connectivity index (χ1) is 13.5. The van der Waals surface area contributed by atoms with Gasteiger partial charge in [0, 0.05) is 11.6 Å². The van der Waals surface area contributed by atoms with Gasteiger partial charge in [-0.25, -0.2) is 14.4 Å². The number of carbonyl (C=O) groups excluding carboxylic acids is 1. The number of halogens is 1. The van der Waals surface area contributed by atoms with Gasteiger partial charge in [0.15, 0.2) is 10.3 Å². The van der Waals surface area contributed by atoms with Crippen molar-refractivity contribution in [1.82, 2.24) is 14.5 Å². The van der Waals surface area contributed by atoms with E-state index in [0.717, 1.165) is 11.8 Å². The van der Waals surface area contributed by atoms with Crippen molar-refractivity contribution in [2.75, 3.05) is 11.1 Å². The van der Waals surface area contributed by atoms with Crippen molar-refractivity contribution in [1.29, 1.82) is 0 Å². The van der Waals surface area contributed by atoms with E-state index in [1.165, 1.54) is 39.4 Å². The normalized spacial score (nSPS) is 11.1. The number of nitrogens with one attached hydrogen (secondary N) is 1. The molecule has 3 heterocycles. The number of thiophene rings is 1. The van der Waals surface area contributed by atoms with Gasteiger partial charge in [0.05, 0.1) is 17.0 Å². The van der Waals surface area contributed by atoms with Crippen LogP contribution in [-0.2, 0) is 4.79 Å². The standard InChI is InChI=1S/C18H13FN4O2S3/c1-10-8-11(19)2-3-13(10)23-16(25)15-12(4-6-26-15)21-18(23)28-9-14(24)22-17-20-5-7-27-17/h2-8H,9H2,1H3,(H,20,22,24). The second kappa shape index (κ2) is 7.82. The topological polar surface area (TPSA) is 76.9 Å². The molecule has 0 fully saturated rings. The number of rotatable bonds is 5. The third-order valence-electron chi connectivity index (χ3n) is 3.86. The third kappa shape index (κ3) is 3.71. The van der Waals surface area contributed by atoms with Crippen LogP contribution >= 0.6 is 34.4 Å². The molecule has 0 saturated carbocycles. The fraction of sp³-hybridized carbons (Fsp3) is 0.111. The fourth-order valence-electron chi connectivity index (χ4n) is 2.64. The molecule has 0 aliphatic heterocycles. The van der Waals surface area contributed by atoms with Gasteiger partial charge in [-0.15, -0.1) is 22.7 Å². The van der Waals surface area contributed by atoms with E-state index in [4.69, 9.17) is 0 Å². The van der Waals surface area contributed by atoms with Crippen LogP contribution in [0.3, 0.4) is 0 Å². The molecule has 0 radical (unpaired) electrons. The minimum atomic E-state index is -0.378. The van der Waals surface area contributed by atoms with E-state index >= 15 is 0 Å². The summed E-state index contributed by atoms with van der Waals surface area (Å²) >= 11 is 3.77. The zero-order chi connectivity index (χ0) is 19.7. The lowest BCUT2D eigenvalue weighted by molar-refractivity contribution is -0.113. The zero-order valence-electron chi connectivity index (χ0n) is 14.5. The number of aromatic nitrogens is 3. The monoisotopic (exact) mass is 432 g/mol. The highest BCUT2D eigenvalue weighted by molar-refractivity contribution is 7.99. The molecule has 10 heteroatoms. The number of hydrogen-bond acceptors (Lipinski definition) is 7. The van der Waals surface area contributed by atoms with Gasteiger partial charge in [0.2, 0.25) is 5.91 Å². The van der Waals surface area contributed by atoms with Crippen LogP contribution in [-0.4, -0.2) is 26.2 Å². The number of aryl methyl sites for hydroxylation is 1. The van der Waals surface area contributed by atoms with E-state index in [0.29, 0.717) is 31.8 Å². The maximum absolute atomic E-state index is 13.5. The lowest BCUT2D eigenvalue weighted by atomic mass is 10.2. The summed E-state index contributed by atoms with van der Waals surface area (Å²) < 4.78 is 15.5. The smallest absolute Gasteiger partial charge is 0.276 e. The number of benzene rings is 1. The Morgan fingerprint density at radius 2 is 2.14 bits per heavy atom. The first-order valence-electron chi connectivity index (χ1n) is 8.12. The quantitative estimate of drug-likeness (QED) is 0.380. The molecule has 0 atom stereocenters. The molecule has 0 unspecified atom stereocenters. The Labute approximate surface area is 171 Å². The van der Waals surface area contributed by atoms with E-state index < -0.39 is 0 Å². The van der Waals surface area contributed by atoms with Gasteiger partial charge in [-0.1, -0.05) is 11.8 Å². The first-order valence-corrected chi connectivity index (χ1v) is 10.9. The summed E-state index contributed by atoms with van der Waals surface area (Å²) in [5.41, 5.74) is 1.48. The van der Waals surface area contributed by atoms with Crippen LogP contribution in [0, 0.1) is 12.7 Å². The Morgan fingerprint density at radius 1 is 1.29 bits per heavy atom. The van der Waals surface area contributed by atoms with Gasteiger partial charge < -0.3 is 5.32 Å². The van der Waals surface area contributed by atoms with Crippen molar-refractivity contribution in [2.24, 2.45) is 0 Å². The molecule has 1 N–H and O–H groups in total. The average Bonchev–Trinajstić information content (AvgIpc) is 3.33. The molecule has 6 nitrogen and oxygen atoms in total. The highest BCUT2D eigenvalue weighted by Crippen LogP contribution is 2.25. The number of thioether (sulfide) groups is 1. The highest BCUT2D eigenvalue weighted by Gasteiger charge is 2.17. The largest absolute Gasteiger partial charge is 0.301 e. The lowest BCUT2D eigenvalue weighted by Gasteiger charge is -2.14. The van der Waals surface area contributed by atoms with E-state index in [1.807, 2.05) is 0 Å². The van der Waals surface area contributed by atoms with Crippen molar-refractivity contribution in [3.63, 3.8) is 0 Å². The van der Waals surface area contributed by atoms with E-state index in [2.05, 4.69) is 15.3 Å². The molecule has 3 aromatic heterocycles. The molecule has 0 aliphatic carbocycles. The number of fused-ring (bicyclic) bond motifs is 1. The van der Waals surface area contributed by atoms with Crippen molar-refractivity contribution < 1.29 is 9.18 Å². The summed E-state index contributed by atoms with van der Waals surface area (Å²) in [5.74, 6) is -0.569. The molecule has 4 rings (SSSR count). The molecule has 142 valence electrons. The highest BCUT2D eigenvalue weighted by atomic mass is 32.2. The molecule has 4 aromatic rings. The molecular formula is C18H13FN4O2S3. The molecule has 0 saturated heterocycles. The second-order valence-corrected chi connectivity index (χ2v) is 8.53. The number of nitrogens with zero attached hydrogens (tertiary/aromatic N) is 3. The molecular weight excluding hydrogens is 419 g/mol. The van der Waals surface area contributed by atoms with Crippen LogP contribution in [0.1, 0.15) is 5.56 Å². The second-order valence-electron chi connectivity index (χ2n) is 5.77. The fourth-order valence-corrected chi connectivity index (χ4v) is 4.75. The summed E-state index contributed by atoms with van der Waals surface area (Å²) in [5, 5.41) is 7.15. The van der Waals surface area contributed by atoms with Crippen molar-refractivity contribution in [3.05, 3.63) is 63.0 Å². The molecule has 1 amide bonds. The Morgan fingerprint density at radius 3 is 2.89 bits per heavy atom. The first kappa shape index (κ1) is 18.8. The van der Waals surface area contributed by atoms with Gasteiger partial charge in [-0.3, -0.25) is 14.2 Å². The number of amides is 1. The third-order valence-corrected chi connectivity index (χ3v) is 6.38. The van der Waals surface area contributed by atoms with Crippen molar-refractivity contribution in [2.45, 2.75) is 12.1 Å². The predicted octanol–water partition coefficient (Wildman–Crippen LogP) is 4.08. The van der Waals surface area contributed by atoms with Crippen LogP contribution in [0.25, 0.3) is 15.9 Å². The summed E-state index contributed by atoms with van der Waals surface area (Å²) in [6.07, 6.45) is 1.61. The van der Waals surface area contributed by atoms with E-state index in [1.54, 1.807) is 36.0 Å². The van der Waals surface area contributed by atoms with Crippen molar-refractivity contribution in [3.8, 4) is 5.69 Å². The Kier molecular flexibility index (Phi) is 5.25. The molecule has 0 spiro atoms. The Hall–Kier alpha value is -2.56. The zero-order valence-corrected chi connectivity index (χ0v) is 17.0. The Balaban J connectivity index is 1.72. The van der Waals surface area contributed by atoms with Crippen LogP contribution in [0.15, 0.2) is 51.2 Å². The maximum Gasteiger partial charge on any atom is 0.276 e. The van der Waals surface area contributed by atoms with Crippen LogP contribution in [0.5, 0.6) is 0 Å². The molecule has 0 bridgehead atoms. The number of hydrogen-bond donors (Lipinski definition) is 1. The summed E-state index contributed by atoms with van der Waals surface area (Å²) in [4.78, 5) is 33.9. The number of carbonyl (C=O) groups is 1. The minimum absolute atomic E-state index is 0.0574.